The SMILES string of the molecule is CN1CCC2C=CC3(C[C@@H]21)OCCS3.COc1ccccc1OC. The molecule has 1 aromatic carbocycles. The van der Waals surface area contributed by atoms with Crippen LogP contribution in [0.4, 0.5) is 0 Å². The van der Waals surface area contributed by atoms with Gasteiger partial charge in [-0.3, -0.25) is 0 Å². The second-order valence-electron chi connectivity index (χ2n) is 6.43. The predicted molar refractivity (Wildman–Crippen MR) is 99.0 cm³/mol. The number of rotatable bonds is 2. The minimum Gasteiger partial charge on any atom is -0.493 e. The van der Waals surface area contributed by atoms with Crippen molar-refractivity contribution in [1.29, 1.82) is 0 Å². The summed E-state index contributed by atoms with van der Waals surface area (Å²) in [7, 11) is 5.49. The van der Waals surface area contributed by atoms with Gasteiger partial charge in [0, 0.05) is 18.2 Å². The topological polar surface area (TPSA) is 30.9 Å². The van der Waals surface area contributed by atoms with Crippen LogP contribution in [0.5, 0.6) is 11.5 Å². The molecule has 4 rings (SSSR count). The molecule has 1 aromatic rings. The van der Waals surface area contributed by atoms with Crippen molar-refractivity contribution in [2.45, 2.75) is 23.8 Å². The van der Waals surface area contributed by atoms with Crippen LogP contribution in [0.1, 0.15) is 12.8 Å². The van der Waals surface area contributed by atoms with Gasteiger partial charge in [-0.1, -0.05) is 18.2 Å². The van der Waals surface area contributed by atoms with Crippen LogP contribution in [0.3, 0.4) is 0 Å². The highest BCUT2D eigenvalue weighted by Crippen LogP contribution is 2.45. The van der Waals surface area contributed by atoms with Crippen molar-refractivity contribution in [2.24, 2.45) is 5.92 Å². The second kappa shape index (κ2) is 7.81. The Bertz CT molecular complexity index is 548. The highest BCUT2D eigenvalue weighted by molar-refractivity contribution is 8.00. The molecule has 1 spiro atoms. The molecule has 0 radical (unpaired) electrons. The molecular weight excluding hydrogens is 322 g/mol. The summed E-state index contributed by atoms with van der Waals surface area (Å²) in [5.41, 5.74) is 0. The molecule has 2 heterocycles. The van der Waals surface area contributed by atoms with E-state index in [9.17, 15) is 0 Å². The van der Waals surface area contributed by atoms with Crippen LogP contribution >= 0.6 is 11.8 Å². The van der Waals surface area contributed by atoms with E-state index >= 15 is 0 Å². The van der Waals surface area contributed by atoms with E-state index in [-0.39, 0.29) is 4.93 Å². The fourth-order valence-electron chi connectivity index (χ4n) is 3.67. The fourth-order valence-corrected chi connectivity index (χ4v) is 4.81. The van der Waals surface area contributed by atoms with E-state index in [1.54, 1.807) is 14.2 Å². The first-order chi connectivity index (χ1) is 11.7. The van der Waals surface area contributed by atoms with E-state index in [1.165, 1.54) is 19.4 Å². The van der Waals surface area contributed by atoms with E-state index < -0.39 is 0 Å². The van der Waals surface area contributed by atoms with E-state index in [1.807, 2.05) is 36.0 Å². The third-order valence-electron chi connectivity index (χ3n) is 5.03. The number of ether oxygens (including phenoxy) is 3. The lowest BCUT2D eigenvalue weighted by molar-refractivity contribution is 0.0529. The zero-order valence-corrected chi connectivity index (χ0v) is 15.6. The fraction of sp³-hybridized carbons (Fsp3) is 0.579. The molecule has 0 aromatic heterocycles. The Kier molecular flexibility index (Phi) is 5.74. The summed E-state index contributed by atoms with van der Waals surface area (Å²) >= 11 is 1.98. The average molecular weight is 349 g/mol. The molecule has 2 fully saturated rings. The molecule has 0 N–H and O–H groups in total. The summed E-state index contributed by atoms with van der Waals surface area (Å²) in [4.78, 5) is 2.54. The van der Waals surface area contributed by atoms with Crippen LogP contribution in [0.25, 0.3) is 0 Å². The van der Waals surface area contributed by atoms with Gasteiger partial charge in [-0.25, -0.2) is 0 Å². The number of nitrogens with zero attached hydrogens (tertiary/aromatic N) is 1. The lowest BCUT2D eigenvalue weighted by Crippen LogP contribution is -2.40. The van der Waals surface area contributed by atoms with Crippen molar-refractivity contribution in [1.82, 2.24) is 4.90 Å². The first-order valence-electron chi connectivity index (χ1n) is 8.52. The molecule has 0 amide bonds. The minimum atomic E-state index is 0.0414. The minimum absolute atomic E-state index is 0.0414. The second-order valence-corrected chi connectivity index (χ2v) is 7.82. The molecule has 24 heavy (non-hydrogen) atoms. The molecule has 0 saturated carbocycles. The maximum absolute atomic E-state index is 5.89. The van der Waals surface area contributed by atoms with Gasteiger partial charge in [-0.2, -0.15) is 0 Å². The number of thioether (sulfide) groups is 1. The number of methoxy groups -OCH3 is 2. The van der Waals surface area contributed by atoms with Crippen molar-refractivity contribution >= 4 is 11.8 Å². The van der Waals surface area contributed by atoms with Crippen LogP contribution in [-0.2, 0) is 4.74 Å². The highest BCUT2D eigenvalue weighted by atomic mass is 32.2. The molecule has 4 nitrogen and oxygen atoms in total. The van der Waals surface area contributed by atoms with Crippen molar-refractivity contribution in [2.75, 3.05) is 40.2 Å². The van der Waals surface area contributed by atoms with Crippen LogP contribution < -0.4 is 9.47 Å². The number of benzene rings is 1. The molecule has 3 aliphatic rings. The Labute approximate surface area is 149 Å². The van der Waals surface area contributed by atoms with Crippen LogP contribution in [0.2, 0.25) is 0 Å². The first kappa shape index (κ1) is 17.6. The molecule has 2 saturated heterocycles. The van der Waals surface area contributed by atoms with E-state index in [4.69, 9.17) is 14.2 Å². The summed E-state index contributed by atoms with van der Waals surface area (Å²) in [6, 6.07) is 8.26. The van der Waals surface area contributed by atoms with Gasteiger partial charge < -0.3 is 19.1 Å². The van der Waals surface area contributed by atoms with Gasteiger partial charge in [0.2, 0.25) is 0 Å². The van der Waals surface area contributed by atoms with Gasteiger partial charge in [-0.05, 0) is 44.1 Å². The Hall–Kier alpha value is -1.17. The van der Waals surface area contributed by atoms with Gasteiger partial charge in [-0.15, -0.1) is 11.8 Å². The Morgan fingerprint density at radius 2 is 1.92 bits per heavy atom. The standard InChI is InChI=1S/C11H17NOS.C8H10O2/c1-12-5-3-9-2-4-11(8-10(9)12)13-6-7-14-11;1-9-7-5-3-4-6-8(7)10-2/h2,4,9-10H,3,5-8H2,1H3;3-6H,1-2H3/t9?,10-,11?;/m0./s1. The van der Waals surface area contributed by atoms with Gasteiger partial charge in [0.25, 0.3) is 0 Å². The molecule has 0 bridgehead atoms. The van der Waals surface area contributed by atoms with Gasteiger partial charge >= 0.3 is 0 Å². The van der Waals surface area contributed by atoms with Gasteiger partial charge in [0.15, 0.2) is 11.5 Å². The lowest BCUT2D eigenvalue weighted by Gasteiger charge is -2.36. The largest absolute Gasteiger partial charge is 0.493 e. The molecule has 3 atom stereocenters. The Morgan fingerprint density at radius 1 is 1.21 bits per heavy atom. The van der Waals surface area contributed by atoms with E-state index in [0.717, 1.165) is 35.8 Å². The third kappa shape index (κ3) is 3.73. The molecule has 2 aliphatic heterocycles. The number of para-hydroxylation sites is 2. The van der Waals surface area contributed by atoms with Crippen molar-refractivity contribution < 1.29 is 14.2 Å². The number of likely N-dealkylation sites (tertiary alicyclic amines) is 1. The normalized spacial score (nSPS) is 31.5. The van der Waals surface area contributed by atoms with Crippen LogP contribution in [0, 0.1) is 5.92 Å². The number of hydrogen-bond donors (Lipinski definition) is 0. The third-order valence-corrected chi connectivity index (χ3v) is 6.31. The Morgan fingerprint density at radius 3 is 2.50 bits per heavy atom. The molecule has 132 valence electrons. The molecule has 5 heteroatoms. The van der Waals surface area contributed by atoms with E-state index in [2.05, 4.69) is 24.1 Å². The molecular formula is C19H27NO3S. The Balaban J connectivity index is 0.000000150. The summed E-state index contributed by atoms with van der Waals surface area (Å²) in [5.74, 6) is 3.48. The monoisotopic (exact) mass is 349 g/mol. The van der Waals surface area contributed by atoms with Gasteiger partial charge in [0.1, 0.15) is 4.93 Å². The van der Waals surface area contributed by atoms with Crippen molar-refractivity contribution in [3.05, 3.63) is 36.4 Å². The number of hydrogen-bond acceptors (Lipinski definition) is 5. The van der Waals surface area contributed by atoms with Crippen LogP contribution in [-0.4, -0.2) is 56.0 Å². The van der Waals surface area contributed by atoms with Crippen molar-refractivity contribution in [3.8, 4) is 11.5 Å². The van der Waals surface area contributed by atoms with E-state index in [0.29, 0.717) is 0 Å². The maximum atomic E-state index is 5.89. The summed E-state index contributed by atoms with van der Waals surface area (Å²) < 4.78 is 15.9. The first-order valence-corrected chi connectivity index (χ1v) is 9.50. The number of fused-ring (bicyclic) bond motifs is 1. The van der Waals surface area contributed by atoms with Crippen molar-refractivity contribution in [3.63, 3.8) is 0 Å². The average Bonchev–Trinajstić information content (AvgIpc) is 3.23. The summed E-state index contributed by atoms with van der Waals surface area (Å²) in [5, 5.41) is 0. The zero-order chi connectivity index (χ0) is 17.0. The molecule has 1 aliphatic carbocycles. The van der Waals surface area contributed by atoms with Crippen LogP contribution in [0.15, 0.2) is 36.4 Å². The lowest BCUT2D eigenvalue weighted by atomic mass is 9.89. The smallest absolute Gasteiger partial charge is 0.160 e. The maximum Gasteiger partial charge on any atom is 0.160 e. The summed E-state index contributed by atoms with van der Waals surface area (Å²) in [6.45, 7) is 2.18. The van der Waals surface area contributed by atoms with Gasteiger partial charge in [0.05, 0.1) is 20.8 Å². The highest BCUT2D eigenvalue weighted by Gasteiger charge is 2.44. The zero-order valence-electron chi connectivity index (χ0n) is 14.7. The molecule has 2 unspecified atom stereocenters. The predicted octanol–water partition coefficient (Wildman–Crippen LogP) is 3.43. The quantitative estimate of drug-likeness (QED) is 0.764. The summed E-state index contributed by atoms with van der Waals surface area (Å²) in [6.07, 6.45) is 7.24.